The molecule has 0 unspecified atom stereocenters. The quantitative estimate of drug-likeness (QED) is 0.393. The highest BCUT2D eigenvalue weighted by Gasteiger charge is 2.36. The molecule has 0 heterocycles. The zero-order chi connectivity index (χ0) is 15.3. The normalized spacial score (nSPS) is 11.8. The van der Waals surface area contributed by atoms with Crippen molar-refractivity contribution < 1.29 is 23.2 Å². The van der Waals surface area contributed by atoms with Gasteiger partial charge < -0.3 is 18.4 Å². The summed E-state index contributed by atoms with van der Waals surface area (Å²) < 4.78 is 16.1. The van der Waals surface area contributed by atoms with Crippen LogP contribution in [-0.2, 0) is 18.1 Å². The molecule has 0 amide bonds. The fourth-order valence-corrected chi connectivity index (χ4v) is 4.03. The Kier molecular flexibility index (Phi) is 12.1. The molecule has 0 radical (unpaired) electrons. The highest BCUT2D eigenvalue weighted by atomic mass is 28.4. The Labute approximate surface area is 124 Å². The topological polar surface area (TPSA) is 65.0 Å². The number of carboxylic acid groups (broad SMARTS) is 1. The number of rotatable bonds is 14. The molecule has 0 atom stereocenters. The SMILES string of the molecule is CO[Si](CCCCCCCCCCC(=O)O)(OC)OC. The van der Waals surface area contributed by atoms with Gasteiger partial charge >= 0.3 is 14.8 Å². The fourth-order valence-electron chi connectivity index (χ4n) is 2.23. The number of hydrogen-bond acceptors (Lipinski definition) is 4. The van der Waals surface area contributed by atoms with E-state index >= 15 is 0 Å². The van der Waals surface area contributed by atoms with Crippen LogP contribution in [0.15, 0.2) is 0 Å². The van der Waals surface area contributed by atoms with Gasteiger partial charge in [-0.05, 0) is 12.8 Å². The molecule has 0 saturated heterocycles. The average Bonchev–Trinajstić information content (AvgIpc) is 2.45. The van der Waals surface area contributed by atoms with Crippen molar-refractivity contribution in [3.05, 3.63) is 0 Å². The van der Waals surface area contributed by atoms with Crippen molar-refractivity contribution in [2.24, 2.45) is 0 Å². The van der Waals surface area contributed by atoms with Gasteiger partial charge in [0.2, 0.25) is 0 Å². The highest BCUT2D eigenvalue weighted by molar-refractivity contribution is 6.60. The summed E-state index contributed by atoms with van der Waals surface area (Å²) in [6.07, 6.45) is 9.13. The maximum absolute atomic E-state index is 10.3. The molecule has 5 nitrogen and oxygen atoms in total. The van der Waals surface area contributed by atoms with Crippen molar-refractivity contribution in [2.75, 3.05) is 21.3 Å². The lowest BCUT2D eigenvalue weighted by Crippen LogP contribution is -2.42. The molecule has 0 aliphatic rings. The van der Waals surface area contributed by atoms with E-state index in [0.29, 0.717) is 6.42 Å². The third-order valence-corrected chi connectivity index (χ3v) is 6.39. The Bertz CT molecular complexity index is 235. The van der Waals surface area contributed by atoms with Crippen LogP contribution in [0.3, 0.4) is 0 Å². The minimum Gasteiger partial charge on any atom is -0.481 e. The first-order valence-corrected chi connectivity index (χ1v) is 9.40. The predicted octanol–water partition coefficient (Wildman–Crippen LogP) is 3.46. The maximum Gasteiger partial charge on any atom is 0.500 e. The van der Waals surface area contributed by atoms with Crippen molar-refractivity contribution in [2.45, 2.75) is 63.8 Å². The summed E-state index contributed by atoms with van der Waals surface area (Å²) >= 11 is 0. The molecule has 0 aliphatic carbocycles. The third kappa shape index (κ3) is 9.47. The van der Waals surface area contributed by atoms with E-state index in [9.17, 15) is 4.79 Å². The van der Waals surface area contributed by atoms with Crippen molar-refractivity contribution in [1.29, 1.82) is 0 Å². The van der Waals surface area contributed by atoms with Crippen LogP contribution in [-0.4, -0.2) is 41.2 Å². The van der Waals surface area contributed by atoms with Crippen molar-refractivity contribution in [1.82, 2.24) is 0 Å². The first kappa shape index (κ1) is 19.6. The van der Waals surface area contributed by atoms with Gasteiger partial charge in [-0.3, -0.25) is 4.79 Å². The van der Waals surface area contributed by atoms with E-state index in [1.54, 1.807) is 21.3 Å². The maximum atomic E-state index is 10.3. The van der Waals surface area contributed by atoms with E-state index < -0.39 is 14.8 Å². The summed E-state index contributed by atoms with van der Waals surface area (Å²) in [5, 5.41) is 8.51. The molecule has 0 fully saturated rings. The molecule has 0 rings (SSSR count). The van der Waals surface area contributed by atoms with Crippen LogP contribution >= 0.6 is 0 Å². The zero-order valence-electron chi connectivity index (χ0n) is 13.2. The minimum atomic E-state index is -2.37. The standard InChI is InChI=1S/C14H30O5Si/c1-17-20(18-2,19-3)13-11-9-7-5-4-6-8-10-12-14(15)16/h4-13H2,1-3H3,(H,15,16). The summed E-state index contributed by atoms with van der Waals surface area (Å²) in [6.45, 7) is 0. The van der Waals surface area contributed by atoms with Crippen LogP contribution in [0, 0.1) is 0 Å². The lowest BCUT2D eigenvalue weighted by molar-refractivity contribution is -0.137. The Morgan fingerprint density at radius 3 is 1.60 bits per heavy atom. The van der Waals surface area contributed by atoms with Gasteiger partial charge in [0.25, 0.3) is 0 Å². The molecule has 1 N–H and O–H groups in total. The number of hydrogen-bond donors (Lipinski definition) is 1. The zero-order valence-corrected chi connectivity index (χ0v) is 14.2. The molecule has 0 bridgehead atoms. The Morgan fingerprint density at radius 1 is 0.800 bits per heavy atom. The van der Waals surface area contributed by atoms with Gasteiger partial charge in [0.15, 0.2) is 0 Å². The van der Waals surface area contributed by atoms with Crippen LogP contribution < -0.4 is 0 Å². The molecule has 0 aliphatic heterocycles. The smallest absolute Gasteiger partial charge is 0.481 e. The second kappa shape index (κ2) is 12.3. The molecule has 20 heavy (non-hydrogen) atoms. The summed E-state index contributed by atoms with van der Waals surface area (Å²) in [4.78, 5) is 10.3. The number of unbranched alkanes of at least 4 members (excludes halogenated alkanes) is 7. The van der Waals surface area contributed by atoms with Crippen molar-refractivity contribution in [3.63, 3.8) is 0 Å². The molecule has 0 aromatic carbocycles. The van der Waals surface area contributed by atoms with Gasteiger partial charge in [-0.25, -0.2) is 0 Å². The van der Waals surface area contributed by atoms with Gasteiger partial charge in [0, 0.05) is 33.8 Å². The van der Waals surface area contributed by atoms with E-state index in [1.165, 1.54) is 25.7 Å². The van der Waals surface area contributed by atoms with Gasteiger partial charge in [0.1, 0.15) is 0 Å². The Balaban J connectivity index is 3.38. The van der Waals surface area contributed by atoms with Crippen molar-refractivity contribution >= 4 is 14.8 Å². The summed E-state index contributed by atoms with van der Waals surface area (Å²) in [7, 11) is 2.58. The van der Waals surface area contributed by atoms with E-state index in [4.69, 9.17) is 18.4 Å². The molecular weight excluding hydrogens is 276 g/mol. The van der Waals surface area contributed by atoms with Crippen LogP contribution in [0.2, 0.25) is 6.04 Å². The van der Waals surface area contributed by atoms with E-state index in [2.05, 4.69) is 0 Å². The molecule has 0 saturated carbocycles. The van der Waals surface area contributed by atoms with E-state index in [-0.39, 0.29) is 0 Å². The monoisotopic (exact) mass is 306 g/mol. The largest absolute Gasteiger partial charge is 0.500 e. The molecule has 6 heteroatoms. The third-order valence-electron chi connectivity index (χ3n) is 3.56. The predicted molar refractivity (Wildman–Crippen MR) is 80.8 cm³/mol. The van der Waals surface area contributed by atoms with Crippen LogP contribution in [0.25, 0.3) is 0 Å². The first-order chi connectivity index (χ1) is 9.60. The number of carbonyl (C=O) groups is 1. The second-order valence-electron chi connectivity index (χ2n) is 5.02. The van der Waals surface area contributed by atoms with Gasteiger partial charge in [0.05, 0.1) is 0 Å². The van der Waals surface area contributed by atoms with Crippen LogP contribution in [0.4, 0.5) is 0 Å². The lowest BCUT2D eigenvalue weighted by Gasteiger charge is -2.24. The van der Waals surface area contributed by atoms with Crippen LogP contribution in [0.5, 0.6) is 0 Å². The number of aliphatic carboxylic acids is 1. The molecular formula is C14H30O5Si. The summed E-state index contributed by atoms with van der Waals surface area (Å²) in [6, 6.07) is 0.870. The Hall–Kier alpha value is -0.433. The van der Waals surface area contributed by atoms with Gasteiger partial charge in [-0.15, -0.1) is 0 Å². The van der Waals surface area contributed by atoms with E-state index in [1.807, 2.05) is 0 Å². The second-order valence-corrected chi connectivity index (χ2v) is 8.11. The van der Waals surface area contributed by atoms with Crippen molar-refractivity contribution in [3.8, 4) is 0 Å². The lowest BCUT2D eigenvalue weighted by atomic mass is 10.1. The highest BCUT2D eigenvalue weighted by Crippen LogP contribution is 2.18. The summed E-state index contributed by atoms with van der Waals surface area (Å²) in [5.74, 6) is -0.688. The number of carboxylic acids is 1. The Morgan fingerprint density at radius 2 is 1.20 bits per heavy atom. The first-order valence-electron chi connectivity index (χ1n) is 7.47. The molecule has 0 aromatic heterocycles. The summed E-state index contributed by atoms with van der Waals surface area (Å²) in [5.41, 5.74) is 0. The molecule has 0 spiro atoms. The molecule has 120 valence electrons. The average molecular weight is 306 g/mol. The van der Waals surface area contributed by atoms with Crippen LogP contribution in [0.1, 0.15) is 57.8 Å². The van der Waals surface area contributed by atoms with E-state index in [0.717, 1.165) is 31.7 Å². The molecule has 0 aromatic rings. The minimum absolute atomic E-state index is 0.303. The fraction of sp³-hybridized carbons (Fsp3) is 0.929. The van der Waals surface area contributed by atoms with Gasteiger partial charge in [-0.1, -0.05) is 38.5 Å². The van der Waals surface area contributed by atoms with Gasteiger partial charge in [-0.2, -0.15) is 0 Å².